The molecule has 2 rings (SSSR count). The van der Waals surface area contributed by atoms with Crippen LogP contribution < -0.4 is 11.1 Å². The number of rotatable bonds is 4. The average Bonchev–Trinajstić information content (AvgIpc) is 2.51. The van der Waals surface area contributed by atoms with Crippen LogP contribution in [-0.4, -0.2) is 53.5 Å². The number of hydrogen-bond acceptors (Lipinski definition) is 5. The standard InChI is InChI=1S/C11H13NO3.C5H11NO2/c1-8(13)12-10(11(14)15)7-9-5-3-2-4-6-9;6-4-1-2-8-3-5(4)7/h2-6,10H,7H2,1H3,(H,12,13)(H,14,15);4-5,7H,1-3,6H2/t10-;4-,5-/m01/s1. The van der Waals surface area contributed by atoms with E-state index in [2.05, 4.69) is 5.32 Å². The minimum Gasteiger partial charge on any atom is -0.480 e. The van der Waals surface area contributed by atoms with Crippen molar-refractivity contribution in [3.8, 4) is 0 Å². The average molecular weight is 324 g/mol. The van der Waals surface area contributed by atoms with Gasteiger partial charge in [-0.1, -0.05) is 30.3 Å². The Hall–Kier alpha value is -1.96. The monoisotopic (exact) mass is 324 g/mol. The van der Waals surface area contributed by atoms with Crippen molar-refractivity contribution in [3.63, 3.8) is 0 Å². The number of aliphatic carboxylic acids is 1. The number of nitrogens with one attached hydrogen (secondary N) is 1. The zero-order chi connectivity index (χ0) is 17.2. The Morgan fingerprint density at radius 3 is 2.48 bits per heavy atom. The zero-order valence-electron chi connectivity index (χ0n) is 13.1. The molecule has 1 fully saturated rings. The molecule has 1 aromatic carbocycles. The lowest BCUT2D eigenvalue weighted by Gasteiger charge is -2.23. The highest BCUT2D eigenvalue weighted by Crippen LogP contribution is 2.04. The molecule has 1 heterocycles. The van der Waals surface area contributed by atoms with Crippen molar-refractivity contribution >= 4 is 11.9 Å². The number of benzene rings is 1. The molecule has 7 nitrogen and oxygen atoms in total. The van der Waals surface area contributed by atoms with Gasteiger partial charge in [0.25, 0.3) is 0 Å². The maximum Gasteiger partial charge on any atom is 0.326 e. The fraction of sp³-hybridized carbons (Fsp3) is 0.500. The van der Waals surface area contributed by atoms with Crippen LogP contribution in [0.2, 0.25) is 0 Å². The van der Waals surface area contributed by atoms with Crippen molar-refractivity contribution in [3.05, 3.63) is 35.9 Å². The number of nitrogens with two attached hydrogens (primary N) is 1. The van der Waals surface area contributed by atoms with Crippen LogP contribution in [0, 0.1) is 0 Å². The maximum absolute atomic E-state index is 10.8. The summed E-state index contributed by atoms with van der Waals surface area (Å²) in [5, 5.41) is 20.2. The van der Waals surface area contributed by atoms with Gasteiger partial charge in [-0.3, -0.25) is 4.79 Å². The normalized spacial score (nSPS) is 21.5. The number of aliphatic hydroxyl groups is 1. The van der Waals surface area contributed by atoms with E-state index in [9.17, 15) is 9.59 Å². The second-order valence-corrected chi connectivity index (χ2v) is 5.38. The smallest absolute Gasteiger partial charge is 0.326 e. The van der Waals surface area contributed by atoms with Crippen LogP contribution in [0.4, 0.5) is 0 Å². The van der Waals surface area contributed by atoms with E-state index in [4.69, 9.17) is 20.7 Å². The summed E-state index contributed by atoms with van der Waals surface area (Å²) in [5.74, 6) is -1.35. The second-order valence-electron chi connectivity index (χ2n) is 5.38. The molecule has 1 aliphatic heterocycles. The largest absolute Gasteiger partial charge is 0.480 e. The molecule has 1 aliphatic rings. The third kappa shape index (κ3) is 7.73. The minimum atomic E-state index is -1.02. The van der Waals surface area contributed by atoms with Crippen molar-refractivity contribution in [1.82, 2.24) is 5.32 Å². The molecule has 0 aliphatic carbocycles. The molecule has 1 saturated heterocycles. The summed E-state index contributed by atoms with van der Waals surface area (Å²) in [4.78, 5) is 21.6. The van der Waals surface area contributed by atoms with E-state index < -0.39 is 18.1 Å². The molecule has 23 heavy (non-hydrogen) atoms. The lowest BCUT2D eigenvalue weighted by atomic mass is 10.1. The van der Waals surface area contributed by atoms with Crippen LogP contribution in [0.5, 0.6) is 0 Å². The van der Waals surface area contributed by atoms with E-state index in [-0.39, 0.29) is 11.9 Å². The van der Waals surface area contributed by atoms with Gasteiger partial charge in [0.2, 0.25) is 5.91 Å². The van der Waals surface area contributed by atoms with Gasteiger partial charge in [0.05, 0.1) is 12.7 Å². The number of aliphatic hydroxyl groups excluding tert-OH is 1. The number of carboxylic acid groups (broad SMARTS) is 1. The lowest BCUT2D eigenvalue weighted by Crippen LogP contribution is -2.42. The maximum atomic E-state index is 10.8. The SMILES string of the molecule is CC(=O)N[C@@H](Cc1ccccc1)C(=O)O.N[C@@H]1CCOC[C@H]1O. The fourth-order valence-electron chi connectivity index (χ4n) is 2.03. The second kappa shape index (κ2) is 9.94. The highest BCUT2D eigenvalue weighted by atomic mass is 16.5. The number of hydrogen-bond donors (Lipinski definition) is 4. The predicted molar refractivity (Wildman–Crippen MR) is 84.8 cm³/mol. The number of ether oxygens (including phenoxy) is 1. The van der Waals surface area contributed by atoms with Crippen molar-refractivity contribution in [1.29, 1.82) is 0 Å². The van der Waals surface area contributed by atoms with Gasteiger partial charge in [-0.05, 0) is 12.0 Å². The van der Waals surface area contributed by atoms with Gasteiger partial charge < -0.3 is 26.0 Å². The van der Waals surface area contributed by atoms with Gasteiger partial charge in [-0.15, -0.1) is 0 Å². The van der Waals surface area contributed by atoms with Gasteiger partial charge in [-0.2, -0.15) is 0 Å². The van der Waals surface area contributed by atoms with Gasteiger partial charge in [0.1, 0.15) is 6.04 Å². The summed E-state index contributed by atoms with van der Waals surface area (Å²) >= 11 is 0. The van der Waals surface area contributed by atoms with Gasteiger partial charge in [-0.25, -0.2) is 4.79 Å². The zero-order valence-corrected chi connectivity index (χ0v) is 13.1. The first-order valence-corrected chi connectivity index (χ1v) is 7.45. The third-order valence-electron chi connectivity index (χ3n) is 3.34. The van der Waals surface area contributed by atoms with Crippen molar-refractivity contribution < 1.29 is 24.5 Å². The molecule has 7 heteroatoms. The summed E-state index contributed by atoms with van der Waals surface area (Å²) in [5.41, 5.74) is 6.34. The van der Waals surface area contributed by atoms with Gasteiger partial charge >= 0.3 is 5.97 Å². The van der Waals surface area contributed by atoms with Gasteiger partial charge in [0, 0.05) is 26.0 Å². The predicted octanol–water partition coefficient (Wildman–Crippen LogP) is -0.0867. The molecule has 0 spiro atoms. The fourth-order valence-corrected chi connectivity index (χ4v) is 2.03. The van der Waals surface area contributed by atoms with E-state index >= 15 is 0 Å². The Morgan fingerprint density at radius 2 is 2.04 bits per heavy atom. The first-order valence-electron chi connectivity index (χ1n) is 7.45. The minimum absolute atomic E-state index is 0.0660. The quantitative estimate of drug-likeness (QED) is 0.614. The summed E-state index contributed by atoms with van der Waals surface area (Å²) in [7, 11) is 0. The van der Waals surface area contributed by atoms with E-state index in [0.717, 1.165) is 12.0 Å². The van der Waals surface area contributed by atoms with Crippen molar-refractivity contribution in [2.24, 2.45) is 5.73 Å². The number of carbonyl (C=O) groups is 2. The summed E-state index contributed by atoms with van der Waals surface area (Å²) in [6.45, 7) is 2.40. The Labute approximate surface area is 135 Å². The van der Waals surface area contributed by atoms with Crippen LogP contribution in [-0.2, 0) is 20.7 Å². The topological polar surface area (TPSA) is 122 Å². The van der Waals surface area contributed by atoms with E-state index in [1.807, 2.05) is 30.3 Å². The molecule has 128 valence electrons. The molecular formula is C16H24N2O5. The van der Waals surface area contributed by atoms with Crippen LogP contribution in [0.3, 0.4) is 0 Å². The molecule has 0 bridgehead atoms. The molecule has 0 aromatic heterocycles. The molecule has 0 saturated carbocycles. The summed E-state index contributed by atoms with van der Waals surface area (Å²) in [6.07, 6.45) is 0.639. The molecule has 1 aromatic rings. The summed E-state index contributed by atoms with van der Waals surface area (Å²) in [6, 6.07) is 8.27. The highest BCUT2D eigenvalue weighted by Gasteiger charge is 2.19. The van der Waals surface area contributed by atoms with Crippen LogP contribution in [0.25, 0.3) is 0 Å². The highest BCUT2D eigenvalue weighted by molar-refractivity contribution is 5.82. The third-order valence-corrected chi connectivity index (χ3v) is 3.34. The number of amides is 1. The Morgan fingerprint density at radius 1 is 1.39 bits per heavy atom. The van der Waals surface area contributed by atoms with Crippen molar-refractivity contribution in [2.75, 3.05) is 13.2 Å². The van der Waals surface area contributed by atoms with Crippen molar-refractivity contribution in [2.45, 2.75) is 38.0 Å². The van der Waals surface area contributed by atoms with Crippen LogP contribution in [0.1, 0.15) is 18.9 Å². The molecule has 0 radical (unpaired) electrons. The van der Waals surface area contributed by atoms with Crippen LogP contribution in [0.15, 0.2) is 30.3 Å². The first kappa shape index (κ1) is 19.1. The number of carboxylic acids is 1. The molecular weight excluding hydrogens is 300 g/mol. The van der Waals surface area contributed by atoms with E-state index in [1.165, 1.54) is 6.92 Å². The van der Waals surface area contributed by atoms with E-state index in [0.29, 0.717) is 19.6 Å². The molecule has 5 N–H and O–H groups in total. The number of carbonyl (C=O) groups excluding carboxylic acids is 1. The lowest BCUT2D eigenvalue weighted by molar-refractivity contribution is -0.141. The van der Waals surface area contributed by atoms with E-state index in [1.54, 1.807) is 0 Å². The van der Waals surface area contributed by atoms with Crippen LogP contribution >= 0.6 is 0 Å². The Kier molecular flexibility index (Phi) is 8.25. The molecule has 3 atom stereocenters. The molecule has 1 amide bonds. The first-order chi connectivity index (χ1) is 10.9. The van der Waals surface area contributed by atoms with Gasteiger partial charge in [0.15, 0.2) is 0 Å². The Balaban J connectivity index is 0.000000277. The molecule has 0 unspecified atom stereocenters. The Bertz CT molecular complexity index is 485. The summed E-state index contributed by atoms with van der Waals surface area (Å²) < 4.78 is 4.92.